The number of aryl methyl sites for hydroxylation is 2. The van der Waals surface area contributed by atoms with Gasteiger partial charge in [-0.1, -0.05) is 18.7 Å². The van der Waals surface area contributed by atoms with Crippen LogP contribution in [0.5, 0.6) is 11.5 Å². The number of amides is 1. The molecule has 0 N–H and O–H groups in total. The second-order valence-electron chi connectivity index (χ2n) is 8.41. The minimum atomic E-state index is -0.639. The second-order valence-corrected chi connectivity index (χ2v) is 8.41. The van der Waals surface area contributed by atoms with Crippen LogP contribution >= 0.6 is 0 Å². The highest BCUT2D eigenvalue weighted by Gasteiger charge is 2.43. The van der Waals surface area contributed by atoms with Crippen molar-refractivity contribution < 1.29 is 24.0 Å². The van der Waals surface area contributed by atoms with E-state index in [9.17, 15) is 19.7 Å². The molecule has 0 aliphatic carbocycles. The molecule has 1 aliphatic rings. The zero-order valence-electron chi connectivity index (χ0n) is 19.8. The number of nitro benzene ring substituents is 1. The Bertz CT molecular complexity index is 1380. The average Bonchev–Trinajstić information content (AvgIpc) is 2.85. The van der Waals surface area contributed by atoms with Crippen LogP contribution in [0.1, 0.15) is 38.7 Å². The highest BCUT2D eigenvalue weighted by atomic mass is 16.6. The topological polar surface area (TPSA) is 99.0 Å². The Kier molecular flexibility index (Phi) is 6.13. The standard InChI is InChI=1S/C27H24N2O6/c1-15-6-7-20(13-23(15)35-27(31)19-8-10-21(11-9-19)29(32)33)25-18(4)26(30)28(25)22-12-16(2)17(3)24(14-22)34-5/h6-14,25H,4H2,1-3,5H3/t25-/m1/s1. The van der Waals surface area contributed by atoms with E-state index >= 15 is 0 Å². The molecule has 1 atom stereocenters. The van der Waals surface area contributed by atoms with E-state index in [0.29, 0.717) is 22.8 Å². The minimum absolute atomic E-state index is 0.115. The van der Waals surface area contributed by atoms with Crippen molar-refractivity contribution in [2.45, 2.75) is 26.8 Å². The van der Waals surface area contributed by atoms with E-state index in [4.69, 9.17) is 9.47 Å². The van der Waals surface area contributed by atoms with Crippen molar-refractivity contribution in [2.24, 2.45) is 0 Å². The van der Waals surface area contributed by atoms with E-state index in [1.54, 1.807) is 25.0 Å². The van der Waals surface area contributed by atoms with Crippen molar-refractivity contribution in [3.05, 3.63) is 105 Å². The summed E-state index contributed by atoms with van der Waals surface area (Å²) in [5.74, 6) is 0.186. The molecule has 0 radical (unpaired) electrons. The average molecular weight is 472 g/mol. The summed E-state index contributed by atoms with van der Waals surface area (Å²) in [4.78, 5) is 37.4. The highest BCUT2D eigenvalue weighted by Crippen LogP contribution is 2.45. The quantitative estimate of drug-likeness (QED) is 0.119. The molecule has 1 amide bonds. The lowest BCUT2D eigenvalue weighted by atomic mass is 9.87. The molecule has 3 aromatic carbocycles. The number of benzene rings is 3. The van der Waals surface area contributed by atoms with Gasteiger partial charge in [-0.15, -0.1) is 0 Å². The Balaban J connectivity index is 1.64. The number of methoxy groups -OCH3 is 1. The van der Waals surface area contributed by atoms with E-state index in [0.717, 1.165) is 22.3 Å². The molecule has 3 aromatic rings. The molecule has 0 saturated carbocycles. The lowest BCUT2D eigenvalue weighted by Gasteiger charge is -2.43. The van der Waals surface area contributed by atoms with Crippen LogP contribution in [0.4, 0.5) is 11.4 Å². The summed E-state index contributed by atoms with van der Waals surface area (Å²) in [7, 11) is 1.59. The number of hydrogen-bond donors (Lipinski definition) is 0. The number of rotatable bonds is 6. The van der Waals surface area contributed by atoms with Gasteiger partial charge < -0.3 is 9.47 Å². The van der Waals surface area contributed by atoms with Crippen LogP contribution in [0.3, 0.4) is 0 Å². The van der Waals surface area contributed by atoms with Gasteiger partial charge in [-0.25, -0.2) is 4.79 Å². The van der Waals surface area contributed by atoms with Crippen molar-refractivity contribution in [1.29, 1.82) is 0 Å². The molecule has 1 fully saturated rings. The van der Waals surface area contributed by atoms with Gasteiger partial charge in [0.15, 0.2) is 0 Å². The van der Waals surface area contributed by atoms with Gasteiger partial charge in [0.2, 0.25) is 0 Å². The van der Waals surface area contributed by atoms with Crippen LogP contribution in [0.2, 0.25) is 0 Å². The van der Waals surface area contributed by atoms with E-state index in [1.807, 2.05) is 38.1 Å². The maximum atomic E-state index is 12.8. The molecule has 1 heterocycles. The number of hydrogen-bond acceptors (Lipinski definition) is 6. The van der Waals surface area contributed by atoms with Gasteiger partial charge in [-0.2, -0.15) is 0 Å². The molecule has 0 bridgehead atoms. The Hall–Kier alpha value is -4.46. The number of ether oxygens (including phenoxy) is 2. The number of β-lactam (4-membered cyclic amide) rings is 1. The molecule has 8 nitrogen and oxygen atoms in total. The third-order valence-electron chi connectivity index (χ3n) is 6.23. The van der Waals surface area contributed by atoms with Crippen LogP contribution in [-0.4, -0.2) is 23.9 Å². The maximum absolute atomic E-state index is 12.8. The number of anilines is 1. The van der Waals surface area contributed by atoms with Crippen LogP contribution < -0.4 is 14.4 Å². The van der Waals surface area contributed by atoms with Crippen molar-refractivity contribution >= 4 is 23.3 Å². The molecule has 8 heteroatoms. The molecule has 4 rings (SSSR count). The molecular formula is C27H24N2O6. The summed E-state index contributed by atoms with van der Waals surface area (Å²) in [5, 5.41) is 10.9. The Morgan fingerprint density at radius 2 is 1.69 bits per heavy atom. The number of nitro groups is 1. The summed E-state index contributed by atoms with van der Waals surface area (Å²) in [5.41, 5.74) is 4.64. The number of esters is 1. The van der Waals surface area contributed by atoms with Crippen LogP contribution in [-0.2, 0) is 4.79 Å². The summed E-state index contributed by atoms with van der Waals surface area (Å²) in [6, 6.07) is 13.9. The first-order valence-electron chi connectivity index (χ1n) is 10.9. The molecule has 0 aromatic heterocycles. The molecule has 178 valence electrons. The molecule has 0 unspecified atom stereocenters. The predicted octanol–water partition coefficient (Wildman–Crippen LogP) is 5.39. The minimum Gasteiger partial charge on any atom is -0.496 e. The van der Waals surface area contributed by atoms with Crippen LogP contribution in [0.25, 0.3) is 0 Å². The van der Waals surface area contributed by atoms with Crippen LogP contribution in [0, 0.1) is 30.9 Å². The predicted molar refractivity (Wildman–Crippen MR) is 131 cm³/mol. The Morgan fingerprint density at radius 1 is 1.00 bits per heavy atom. The van der Waals surface area contributed by atoms with Gasteiger partial charge in [0.25, 0.3) is 11.6 Å². The first-order valence-corrected chi connectivity index (χ1v) is 10.9. The van der Waals surface area contributed by atoms with Crippen molar-refractivity contribution in [3.63, 3.8) is 0 Å². The van der Waals surface area contributed by atoms with Gasteiger partial charge in [-0.05, 0) is 67.3 Å². The van der Waals surface area contributed by atoms with Gasteiger partial charge >= 0.3 is 5.97 Å². The normalized spacial score (nSPS) is 15.0. The molecular weight excluding hydrogens is 448 g/mol. The Labute approximate surface area is 202 Å². The van der Waals surface area contributed by atoms with E-state index in [1.165, 1.54) is 24.3 Å². The first-order chi connectivity index (χ1) is 16.6. The second kappa shape index (κ2) is 9.06. The van der Waals surface area contributed by atoms with Crippen molar-refractivity contribution in [1.82, 2.24) is 0 Å². The third kappa shape index (κ3) is 4.26. The third-order valence-corrected chi connectivity index (χ3v) is 6.23. The van der Waals surface area contributed by atoms with Gasteiger partial charge in [-0.3, -0.25) is 19.8 Å². The monoisotopic (exact) mass is 472 g/mol. The summed E-state index contributed by atoms with van der Waals surface area (Å²) in [6.45, 7) is 9.67. The highest BCUT2D eigenvalue weighted by molar-refractivity contribution is 6.15. The zero-order chi connectivity index (χ0) is 25.4. The smallest absolute Gasteiger partial charge is 0.343 e. The van der Waals surface area contributed by atoms with E-state index in [-0.39, 0.29) is 17.2 Å². The van der Waals surface area contributed by atoms with Crippen LogP contribution in [0.15, 0.2) is 66.7 Å². The van der Waals surface area contributed by atoms with E-state index < -0.39 is 16.9 Å². The number of carbonyl (C=O) groups excluding carboxylic acids is 2. The fourth-order valence-corrected chi connectivity index (χ4v) is 4.03. The number of nitrogens with zero attached hydrogens (tertiary/aromatic N) is 2. The van der Waals surface area contributed by atoms with E-state index in [2.05, 4.69) is 6.58 Å². The number of non-ortho nitro benzene ring substituents is 1. The summed E-state index contributed by atoms with van der Waals surface area (Å²) < 4.78 is 11.1. The molecule has 35 heavy (non-hydrogen) atoms. The lowest BCUT2D eigenvalue weighted by molar-refractivity contribution is -0.384. The number of carbonyl (C=O) groups is 2. The fourth-order valence-electron chi connectivity index (χ4n) is 4.03. The molecule has 0 spiro atoms. The largest absolute Gasteiger partial charge is 0.496 e. The van der Waals surface area contributed by atoms with Gasteiger partial charge in [0.05, 0.1) is 23.6 Å². The molecule has 1 aliphatic heterocycles. The lowest BCUT2D eigenvalue weighted by Crippen LogP contribution is -2.48. The first kappa shape index (κ1) is 23.7. The van der Waals surface area contributed by atoms with Gasteiger partial charge in [0.1, 0.15) is 11.5 Å². The zero-order valence-corrected chi connectivity index (χ0v) is 19.8. The molecule has 1 saturated heterocycles. The SMILES string of the molecule is C=C1C(=O)N(c2cc(C)c(C)c(OC)c2)[C@H]1c1ccc(C)c(OC(=O)c2ccc([N+](=O)[O-])cc2)c1. The maximum Gasteiger partial charge on any atom is 0.343 e. The fraction of sp³-hybridized carbons (Fsp3) is 0.185. The Morgan fingerprint density at radius 3 is 2.31 bits per heavy atom. The summed E-state index contributed by atoms with van der Waals surface area (Å²) in [6.07, 6.45) is 0. The van der Waals surface area contributed by atoms with Crippen molar-refractivity contribution in [2.75, 3.05) is 12.0 Å². The summed E-state index contributed by atoms with van der Waals surface area (Å²) >= 11 is 0. The van der Waals surface area contributed by atoms with Gasteiger partial charge in [0, 0.05) is 29.5 Å². The van der Waals surface area contributed by atoms with Crippen molar-refractivity contribution in [3.8, 4) is 11.5 Å².